The lowest BCUT2D eigenvalue weighted by Gasteiger charge is -2.46. The highest BCUT2D eigenvalue weighted by Crippen LogP contribution is 2.37. The van der Waals surface area contributed by atoms with Crippen molar-refractivity contribution in [1.82, 2.24) is 4.90 Å². The van der Waals surface area contributed by atoms with E-state index < -0.39 is 5.72 Å². The Hall–Kier alpha value is -1.84. The molecule has 2 N–H and O–H groups in total. The average Bonchev–Trinajstić information content (AvgIpc) is 2.63. The Morgan fingerprint density at radius 1 is 1.00 bits per heavy atom. The van der Waals surface area contributed by atoms with Gasteiger partial charge in [-0.15, -0.1) is 0 Å². The van der Waals surface area contributed by atoms with Crippen LogP contribution in [0.1, 0.15) is 37.8 Å². The van der Waals surface area contributed by atoms with E-state index in [0.29, 0.717) is 5.92 Å². The predicted octanol–water partition coefficient (Wildman–Crippen LogP) is 4.15. The Bertz CT molecular complexity index is 660. The topological polar surface area (TPSA) is 43.7 Å². The Morgan fingerprint density at radius 3 is 2.16 bits per heavy atom. The second-order valence-electron chi connectivity index (χ2n) is 7.55. The lowest BCUT2D eigenvalue weighted by molar-refractivity contribution is -0.160. The number of benzene rings is 2. The fourth-order valence-corrected chi connectivity index (χ4v) is 4.01. The first-order chi connectivity index (χ1) is 12.0. The van der Waals surface area contributed by atoms with E-state index in [-0.39, 0.29) is 11.7 Å². The van der Waals surface area contributed by atoms with E-state index in [1.54, 1.807) is 12.1 Å². The van der Waals surface area contributed by atoms with Crippen molar-refractivity contribution in [3.63, 3.8) is 0 Å². The van der Waals surface area contributed by atoms with Gasteiger partial charge in [-0.3, -0.25) is 4.90 Å². The third-order valence-electron chi connectivity index (χ3n) is 5.56. The number of phenols is 1. The summed E-state index contributed by atoms with van der Waals surface area (Å²) in [5.74, 6) is 0.981. The molecule has 0 bridgehead atoms. The second kappa shape index (κ2) is 7.59. The number of aliphatic hydroxyl groups is 1. The number of rotatable bonds is 5. The first-order valence-electron chi connectivity index (χ1n) is 9.31. The van der Waals surface area contributed by atoms with Crippen molar-refractivity contribution in [1.29, 1.82) is 0 Å². The molecule has 3 heteroatoms. The summed E-state index contributed by atoms with van der Waals surface area (Å²) in [5, 5.41) is 21.0. The maximum absolute atomic E-state index is 11.5. The van der Waals surface area contributed by atoms with Crippen LogP contribution in [-0.4, -0.2) is 28.2 Å². The van der Waals surface area contributed by atoms with Crippen LogP contribution >= 0.6 is 0 Å². The number of hydrogen-bond acceptors (Lipinski definition) is 3. The third-order valence-corrected chi connectivity index (χ3v) is 5.56. The molecule has 1 atom stereocenters. The summed E-state index contributed by atoms with van der Waals surface area (Å²) in [5.41, 5.74) is 1.28. The van der Waals surface area contributed by atoms with E-state index in [2.05, 4.69) is 49.1 Å². The molecular formula is C22H29NO2. The lowest BCUT2D eigenvalue weighted by atomic mass is 9.84. The van der Waals surface area contributed by atoms with Crippen LogP contribution in [0.3, 0.4) is 0 Å². The summed E-state index contributed by atoms with van der Waals surface area (Å²) in [6, 6.07) is 17.7. The number of nitrogens with zero attached hydrogens (tertiary/aromatic N) is 1. The maximum Gasteiger partial charge on any atom is 0.146 e. The maximum atomic E-state index is 11.5. The van der Waals surface area contributed by atoms with E-state index in [9.17, 15) is 10.2 Å². The van der Waals surface area contributed by atoms with Gasteiger partial charge in [0.05, 0.1) is 0 Å². The summed E-state index contributed by atoms with van der Waals surface area (Å²) in [6.45, 7) is 5.91. The number of aromatic hydroxyl groups is 1. The molecule has 1 heterocycles. The van der Waals surface area contributed by atoms with Gasteiger partial charge in [-0.1, -0.05) is 56.3 Å². The van der Waals surface area contributed by atoms with Gasteiger partial charge in [0.1, 0.15) is 11.5 Å². The zero-order chi connectivity index (χ0) is 17.9. The van der Waals surface area contributed by atoms with E-state index in [1.807, 2.05) is 12.1 Å². The highest BCUT2D eigenvalue weighted by Gasteiger charge is 2.41. The normalized spacial score (nSPS) is 19.0. The summed E-state index contributed by atoms with van der Waals surface area (Å²) >= 11 is 0. The van der Waals surface area contributed by atoms with Crippen molar-refractivity contribution in [2.45, 2.75) is 38.8 Å². The molecule has 0 saturated carbocycles. The standard InChI is InChI=1S/C22H29NO2/c1-17(2)22(25,20-8-10-21(24)11-9-20)23-14-12-19(13-15-23)16-18-6-4-3-5-7-18/h3-11,17,19,24-25H,12-16H2,1-2H3/t22-/m0/s1. The van der Waals surface area contributed by atoms with Gasteiger partial charge in [0.25, 0.3) is 0 Å². The first-order valence-corrected chi connectivity index (χ1v) is 9.31. The number of hydrogen-bond donors (Lipinski definition) is 2. The fourth-order valence-electron chi connectivity index (χ4n) is 4.01. The van der Waals surface area contributed by atoms with Crippen molar-refractivity contribution in [3.05, 3.63) is 65.7 Å². The fraction of sp³-hybridized carbons (Fsp3) is 0.455. The summed E-state index contributed by atoms with van der Waals surface area (Å²) < 4.78 is 0. The molecule has 0 amide bonds. The molecule has 3 nitrogen and oxygen atoms in total. The molecule has 0 aliphatic carbocycles. The molecule has 0 aromatic heterocycles. The van der Waals surface area contributed by atoms with Crippen LogP contribution in [0.25, 0.3) is 0 Å². The van der Waals surface area contributed by atoms with Crippen molar-refractivity contribution in [2.75, 3.05) is 13.1 Å². The largest absolute Gasteiger partial charge is 0.508 e. The van der Waals surface area contributed by atoms with Gasteiger partial charge in [-0.25, -0.2) is 0 Å². The Balaban J connectivity index is 1.69. The van der Waals surface area contributed by atoms with Crippen LogP contribution in [0, 0.1) is 11.8 Å². The minimum Gasteiger partial charge on any atom is -0.508 e. The molecule has 1 fully saturated rings. The smallest absolute Gasteiger partial charge is 0.146 e. The first kappa shape index (κ1) is 18.0. The van der Waals surface area contributed by atoms with Crippen LogP contribution in [0.2, 0.25) is 0 Å². The Kier molecular flexibility index (Phi) is 5.45. The highest BCUT2D eigenvalue weighted by atomic mass is 16.3. The predicted molar refractivity (Wildman–Crippen MR) is 101 cm³/mol. The summed E-state index contributed by atoms with van der Waals surface area (Å²) in [6.07, 6.45) is 3.32. The van der Waals surface area contributed by atoms with E-state index in [4.69, 9.17) is 0 Å². The Labute approximate surface area is 150 Å². The Morgan fingerprint density at radius 2 is 1.60 bits per heavy atom. The zero-order valence-electron chi connectivity index (χ0n) is 15.2. The van der Waals surface area contributed by atoms with Crippen LogP contribution < -0.4 is 0 Å². The number of phenolic OH excluding ortho intramolecular Hbond substituents is 1. The molecule has 0 radical (unpaired) electrons. The SMILES string of the molecule is CC(C)[C@](O)(c1ccc(O)cc1)N1CCC(Cc2ccccc2)CC1. The van der Waals surface area contributed by atoms with Gasteiger partial charge in [-0.2, -0.15) is 0 Å². The van der Waals surface area contributed by atoms with Crippen LogP contribution in [-0.2, 0) is 12.1 Å². The van der Waals surface area contributed by atoms with Gasteiger partial charge in [0.2, 0.25) is 0 Å². The minimum atomic E-state index is -0.981. The van der Waals surface area contributed by atoms with Gasteiger partial charge in [-0.05, 0) is 48.4 Å². The molecule has 1 aliphatic rings. The molecule has 2 aromatic carbocycles. The molecule has 0 unspecified atom stereocenters. The second-order valence-corrected chi connectivity index (χ2v) is 7.55. The lowest BCUT2D eigenvalue weighted by Crippen LogP contribution is -2.53. The minimum absolute atomic E-state index is 0.0720. The molecule has 1 saturated heterocycles. The average molecular weight is 339 g/mol. The summed E-state index contributed by atoms with van der Waals surface area (Å²) in [4.78, 5) is 2.21. The quantitative estimate of drug-likeness (QED) is 0.860. The molecular weight excluding hydrogens is 310 g/mol. The van der Waals surface area contributed by atoms with Crippen LogP contribution in [0.15, 0.2) is 54.6 Å². The van der Waals surface area contributed by atoms with Crippen molar-refractivity contribution >= 4 is 0 Å². The van der Waals surface area contributed by atoms with Crippen molar-refractivity contribution < 1.29 is 10.2 Å². The number of piperidine rings is 1. The highest BCUT2D eigenvalue weighted by molar-refractivity contribution is 5.30. The molecule has 1 aliphatic heterocycles. The van der Waals surface area contributed by atoms with Crippen molar-refractivity contribution in [3.8, 4) is 5.75 Å². The van der Waals surface area contributed by atoms with Crippen LogP contribution in [0.5, 0.6) is 5.75 Å². The number of likely N-dealkylation sites (tertiary alicyclic amines) is 1. The molecule has 0 spiro atoms. The zero-order valence-corrected chi connectivity index (χ0v) is 15.2. The van der Waals surface area contributed by atoms with E-state index in [0.717, 1.165) is 37.9 Å². The van der Waals surface area contributed by atoms with Gasteiger partial charge < -0.3 is 10.2 Å². The molecule has 25 heavy (non-hydrogen) atoms. The van der Waals surface area contributed by atoms with Gasteiger partial charge in [0.15, 0.2) is 0 Å². The van der Waals surface area contributed by atoms with Gasteiger partial charge >= 0.3 is 0 Å². The molecule has 134 valence electrons. The molecule has 3 rings (SSSR count). The summed E-state index contributed by atoms with van der Waals surface area (Å²) in [7, 11) is 0. The molecule has 2 aromatic rings. The van der Waals surface area contributed by atoms with E-state index >= 15 is 0 Å². The van der Waals surface area contributed by atoms with E-state index in [1.165, 1.54) is 5.56 Å². The van der Waals surface area contributed by atoms with Crippen LogP contribution in [0.4, 0.5) is 0 Å². The van der Waals surface area contributed by atoms with Gasteiger partial charge in [0, 0.05) is 19.0 Å². The van der Waals surface area contributed by atoms with Crippen molar-refractivity contribution in [2.24, 2.45) is 11.8 Å². The third kappa shape index (κ3) is 3.88. The monoisotopic (exact) mass is 339 g/mol.